The van der Waals surface area contributed by atoms with Crippen LogP contribution in [0.4, 0.5) is 11.4 Å². The third-order valence-corrected chi connectivity index (χ3v) is 4.39. The van der Waals surface area contributed by atoms with Gasteiger partial charge in [-0.25, -0.2) is 0 Å². The number of halogens is 1. The SMILES string of the molecule is CCC(C)c1ccccc1NC(=S)Nc1ccc(C)c(Cl)c1. The molecular weight excluding hydrogens is 312 g/mol. The third-order valence-electron chi connectivity index (χ3n) is 3.78. The van der Waals surface area contributed by atoms with E-state index in [0.29, 0.717) is 11.0 Å². The molecule has 1 atom stereocenters. The number of rotatable bonds is 4. The summed E-state index contributed by atoms with van der Waals surface area (Å²) in [5, 5.41) is 7.76. The molecule has 1 unspecified atom stereocenters. The molecule has 22 heavy (non-hydrogen) atoms. The molecule has 0 aliphatic heterocycles. The molecule has 0 saturated carbocycles. The Morgan fingerprint density at radius 3 is 2.59 bits per heavy atom. The van der Waals surface area contributed by atoms with Crippen LogP contribution in [-0.4, -0.2) is 5.11 Å². The zero-order valence-electron chi connectivity index (χ0n) is 13.1. The van der Waals surface area contributed by atoms with Gasteiger partial charge in [0, 0.05) is 16.4 Å². The fourth-order valence-corrected chi connectivity index (χ4v) is 2.62. The summed E-state index contributed by atoms with van der Waals surface area (Å²) in [6, 6.07) is 14.1. The van der Waals surface area contributed by atoms with Crippen LogP contribution in [0.5, 0.6) is 0 Å². The maximum atomic E-state index is 6.14. The molecule has 0 heterocycles. The van der Waals surface area contributed by atoms with Crippen molar-refractivity contribution in [2.24, 2.45) is 0 Å². The quantitative estimate of drug-likeness (QED) is 0.674. The predicted molar refractivity (Wildman–Crippen MR) is 101 cm³/mol. The van der Waals surface area contributed by atoms with Crippen LogP contribution in [-0.2, 0) is 0 Å². The van der Waals surface area contributed by atoms with E-state index in [2.05, 4.69) is 42.7 Å². The highest BCUT2D eigenvalue weighted by Gasteiger charge is 2.09. The highest BCUT2D eigenvalue weighted by Crippen LogP contribution is 2.27. The van der Waals surface area contributed by atoms with E-state index in [1.54, 1.807) is 0 Å². The van der Waals surface area contributed by atoms with Crippen LogP contribution in [0.1, 0.15) is 37.3 Å². The third kappa shape index (κ3) is 4.21. The maximum Gasteiger partial charge on any atom is 0.175 e. The van der Waals surface area contributed by atoms with Crippen LogP contribution < -0.4 is 10.6 Å². The molecule has 0 aliphatic rings. The number of para-hydroxylation sites is 1. The molecule has 0 spiro atoms. The van der Waals surface area contributed by atoms with E-state index >= 15 is 0 Å². The van der Waals surface area contributed by atoms with Gasteiger partial charge in [0.15, 0.2) is 5.11 Å². The lowest BCUT2D eigenvalue weighted by Crippen LogP contribution is -2.20. The Kier molecular flexibility index (Phi) is 5.81. The van der Waals surface area contributed by atoms with Crippen LogP contribution in [0.15, 0.2) is 42.5 Å². The number of hydrogen-bond acceptors (Lipinski definition) is 1. The lowest BCUT2D eigenvalue weighted by molar-refractivity contribution is 0.736. The fraction of sp³-hybridized carbons (Fsp3) is 0.278. The summed E-state index contributed by atoms with van der Waals surface area (Å²) in [5.74, 6) is 0.486. The van der Waals surface area contributed by atoms with Crippen LogP contribution in [0.3, 0.4) is 0 Å². The van der Waals surface area contributed by atoms with E-state index in [4.69, 9.17) is 23.8 Å². The lowest BCUT2D eigenvalue weighted by atomic mass is 9.97. The van der Waals surface area contributed by atoms with Crippen molar-refractivity contribution in [3.05, 3.63) is 58.6 Å². The van der Waals surface area contributed by atoms with Gasteiger partial charge in [0.25, 0.3) is 0 Å². The number of aryl methyl sites for hydroxylation is 1. The van der Waals surface area contributed by atoms with E-state index in [1.807, 2.05) is 31.2 Å². The molecule has 0 saturated heterocycles. The predicted octanol–water partition coefficient (Wildman–Crippen LogP) is 5.97. The monoisotopic (exact) mass is 332 g/mol. The lowest BCUT2D eigenvalue weighted by Gasteiger charge is -2.17. The summed E-state index contributed by atoms with van der Waals surface area (Å²) < 4.78 is 0. The Labute approximate surface area is 142 Å². The molecule has 4 heteroatoms. The molecule has 2 aromatic rings. The van der Waals surface area contributed by atoms with E-state index in [9.17, 15) is 0 Å². The summed E-state index contributed by atoms with van der Waals surface area (Å²) in [7, 11) is 0. The van der Waals surface area contributed by atoms with Crippen LogP contribution >= 0.6 is 23.8 Å². The van der Waals surface area contributed by atoms with Gasteiger partial charge in [0.2, 0.25) is 0 Å². The smallest absolute Gasteiger partial charge is 0.175 e. The molecule has 0 aromatic heterocycles. The summed E-state index contributed by atoms with van der Waals surface area (Å²) in [6.07, 6.45) is 1.09. The average Bonchev–Trinajstić information content (AvgIpc) is 2.50. The van der Waals surface area contributed by atoms with Crippen molar-refractivity contribution in [3.63, 3.8) is 0 Å². The van der Waals surface area contributed by atoms with Crippen molar-refractivity contribution >= 4 is 40.3 Å². The molecule has 0 fully saturated rings. The zero-order chi connectivity index (χ0) is 16.1. The first-order valence-electron chi connectivity index (χ1n) is 7.44. The number of benzene rings is 2. The van der Waals surface area contributed by atoms with Crippen molar-refractivity contribution in [2.45, 2.75) is 33.1 Å². The highest BCUT2D eigenvalue weighted by atomic mass is 35.5. The minimum Gasteiger partial charge on any atom is -0.332 e. The van der Waals surface area contributed by atoms with Crippen molar-refractivity contribution in [3.8, 4) is 0 Å². The number of hydrogen-bond donors (Lipinski definition) is 2. The van der Waals surface area contributed by atoms with Gasteiger partial charge in [0.05, 0.1) is 0 Å². The fourth-order valence-electron chi connectivity index (χ4n) is 2.22. The van der Waals surface area contributed by atoms with Gasteiger partial charge in [-0.3, -0.25) is 0 Å². The van der Waals surface area contributed by atoms with Crippen molar-refractivity contribution in [1.82, 2.24) is 0 Å². The summed E-state index contributed by atoms with van der Waals surface area (Å²) >= 11 is 11.6. The number of anilines is 2. The van der Waals surface area contributed by atoms with E-state index in [1.165, 1.54) is 5.56 Å². The standard InChI is InChI=1S/C18H21ClN2S/c1-4-12(2)15-7-5-6-8-17(15)21-18(22)20-14-10-9-13(3)16(19)11-14/h5-12H,4H2,1-3H3,(H2,20,21,22). The van der Waals surface area contributed by atoms with Gasteiger partial charge in [-0.2, -0.15) is 0 Å². The molecule has 2 nitrogen and oxygen atoms in total. The van der Waals surface area contributed by atoms with Gasteiger partial charge in [-0.05, 0) is 60.8 Å². The minimum atomic E-state index is 0.486. The van der Waals surface area contributed by atoms with Gasteiger partial charge in [0.1, 0.15) is 0 Å². The molecule has 0 amide bonds. The topological polar surface area (TPSA) is 24.1 Å². The Morgan fingerprint density at radius 1 is 1.18 bits per heavy atom. The minimum absolute atomic E-state index is 0.486. The zero-order valence-corrected chi connectivity index (χ0v) is 14.7. The van der Waals surface area contributed by atoms with E-state index in [0.717, 1.165) is 28.4 Å². The van der Waals surface area contributed by atoms with Crippen molar-refractivity contribution < 1.29 is 0 Å². The van der Waals surface area contributed by atoms with Gasteiger partial charge in [-0.1, -0.05) is 49.7 Å². The normalized spacial score (nSPS) is 11.8. The Morgan fingerprint density at radius 2 is 1.91 bits per heavy atom. The largest absolute Gasteiger partial charge is 0.332 e. The molecule has 2 N–H and O–H groups in total. The molecular formula is C18H21ClN2S. The van der Waals surface area contributed by atoms with Crippen LogP contribution in [0.25, 0.3) is 0 Å². The Bertz CT molecular complexity index is 670. The summed E-state index contributed by atoms with van der Waals surface area (Å²) in [6.45, 7) is 6.38. The Hall–Kier alpha value is -1.58. The molecule has 0 radical (unpaired) electrons. The first kappa shape index (κ1) is 16.8. The first-order chi connectivity index (χ1) is 10.5. The van der Waals surface area contributed by atoms with Crippen LogP contribution in [0, 0.1) is 6.92 Å². The van der Waals surface area contributed by atoms with Crippen molar-refractivity contribution in [1.29, 1.82) is 0 Å². The van der Waals surface area contributed by atoms with Gasteiger partial charge >= 0.3 is 0 Å². The second kappa shape index (κ2) is 7.61. The first-order valence-corrected chi connectivity index (χ1v) is 8.23. The van der Waals surface area contributed by atoms with Crippen molar-refractivity contribution in [2.75, 3.05) is 10.6 Å². The van der Waals surface area contributed by atoms with E-state index < -0.39 is 0 Å². The number of nitrogens with one attached hydrogen (secondary N) is 2. The summed E-state index contributed by atoms with van der Waals surface area (Å²) in [4.78, 5) is 0. The second-order valence-electron chi connectivity index (χ2n) is 5.44. The molecule has 2 aromatic carbocycles. The molecule has 2 rings (SSSR count). The molecule has 0 aliphatic carbocycles. The van der Waals surface area contributed by atoms with Gasteiger partial charge in [-0.15, -0.1) is 0 Å². The van der Waals surface area contributed by atoms with Gasteiger partial charge < -0.3 is 10.6 Å². The molecule has 116 valence electrons. The number of thiocarbonyl (C=S) groups is 1. The Balaban J connectivity index is 2.10. The maximum absolute atomic E-state index is 6.14. The highest BCUT2D eigenvalue weighted by molar-refractivity contribution is 7.80. The summed E-state index contributed by atoms with van der Waals surface area (Å²) in [5.41, 5.74) is 4.26. The second-order valence-corrected chi connectivity index (χ2v) is 6.26. The average molecular weight is 333 g/mol. The van der Waals surface area contributed by atoms with E-state index in [-0.39, 0.29) is 0 Å². The van der Waals surface area contributed by atoms with Crippen LogP contribution in [0.2, 0.25) is 5.02 Å². The molecule has 0 bridgehead atoms.